The summed E-state index contributed by atoms with van der Waals surface area (Å²) in [5.74, 6) is 1.99. The van der Waals surface area contributed by atoms with Gasteiger partial charge in [0.2, 0.25) is 5.91 Å². The predicted molar refractivity (Wildman–Crippen MR) is 67.8 cm³/mol. The highest BCUT2D eigenvalue weighted by atomic mass is 35.5. The number of amides is 1. The van der Waals surface area contributed by atoms with E-state index in [1.807, 2.05) is 18.7 Å². The molecule has 0 aromatic heterocycles. The summed E-state index contributed by atoms with van der Waals surface area (Å²) >= 11 is 13.5. The highest BCUT2D eigenvalue weighted by Crippen LogP contribution is 2.53. The summed E-state index contributed by atoms with van der Waals surface area (Å²) in [5, 5.41) is 2.94. The molecule has 1 N–H and O–H groups in total. The zero-order valence-electron chi connectivity index (χ0n) is 9.06. The summed E-state index contributed by atoms with van der Waals surface area (Å²) < 4.78 is -0.804. The number of nitrogens with one attached hydrogen (secondary N) is 1. The molecule has 1 rings (SSSR count). The van der Waals surface area contributed by atoms with Crippen LogP contribution in [0.1, 0.15) is 26.7 Å². The van der Waals surface area contributed by atoms with E-state index in [0.717, 1.165) is 17.9 Å². The van der Waals surface area contributed by atoms with E-state index in [0.29, 0.717) is 6.42 Å². The Hall–Kier alpha value is 0.400. The van der Waals surface area contributed by atoms with Crippen LogP contribution in [0.5, 0.6) is 0 Å². The van der Waals surface area contributed by atoms with Crippen molar-refractivity contribution >= 4 is 40.9 Å². The van der Waals surface area contributed by atoms with Crippen molar-refractivity contribution in [2.24, 2.45) is 5.92 Å². The molecule has 1 saturated carbocycles. The van der Waals surface area contributed by atoms with Gasteiger partial charge in [0.1, 0.15) is 4.33 Å². The fourth-order valence-electron chi connectivity index (χ4n) is 1.32. The minimum atomic E-state index is -0.804. The molecule has 0 heterocycles. The Morgan fingerprint density at radius 2 is 2.27 bits per heavy atom. The van der Waals surface area contributed by atoms with Crippen molar-refractivity contribution in [2.45, 2.75) is 37.1 Å². The molecule has 0 radical (unpaired) electrons. The van der Waals surface area contributed by atoms with E-state index in [-0.39, 0.29) is 17.9 Å². The third-order valence-corrected chi connectivity index (χ3v) is 4.20. The SMILES string of the molecule is CCSCCC(C)NC(=O)C1CC1(Cl)Cl. The van der Waals surface area contributed by atoms with Crippen LogP contribution in [0, 0.1) is 5.92 Å². The highest BCUT2D eigenvalue weighted by molar-refractivity contribution is 7.99. The van der Waals surface area contributed by atoms with Crippen LogP contribution in [-0.2, 0) is 4.79 Å². The molecule has 1 aliphatic rings. The molecule has 2 atom stereocenters. The topological polar surface area (TPSA) is 29.1 Å². The molecule has 1 fully saturated rings. The van der Waals surface area contributed by atoms with Gasteiger partial charge in [-0.15, -0.1) is 23.2 Å². The van der Waals surface area contributed by atoms with E-state index in [1.165, 1.54) is 0 Å². The van der Waals surface area contributed by atoms with Crippen molar-refractivity contribution < 1.29 is 4.79 Å². The number of hydrogen-bond donors (Lipinski definition) is 1. The molecule has 0 saturated heterocycles. The number of rotatable bonds is 6. The first kappa shape index (κ1) is 13.5. The summed E-state index contributed by atoms with van der Waals surface area (Å²) in [6, 6.07) is 0.210. The quantitative estimate of drug-likeness (QED) is 0.594. The molecule has 1 aliphatic carbocycles. The van der Waals surface area contributed by atoms with E-state index in [2.05, 4.69) is 12.2 Å². The summed E-state index contributed by atoms with van der Waals surface area (Å²) in [6.45, 7) is 4.15. The third kappa shape index (κ3) is 4.41. The van der Waals surface area contributed by atoms with Crippen LogP contribution in [0.2, 0.25) is 0 Å². The zero-order valence-corrected chi connectivity index (χ0v) is 11.4. The highest BCUT2D eigenvalue weighted by Gasteiger charge is 2.56. The standard InChI is InChI=1S/C10H17Cl2NOS/c1-3-15-5-4-7(2)13-9(14)8-6-10(8,11)12/h7-8H,3-6H2,1-2H3,(H,13,14). The lowest BCUT2D eigenvalue weighted by Crippen LogP contribution is -2.35. The van der Waals surface area contributed by atoms with E-state index in [4.69, 9.17) is 23.2 Å². The number of hydrogen-bond acceptors (Lipinski definition) is 2. The molecule has 0 aromatic rings. The van der Waals surface area contributed by atoms with Crippen molar-refractivity contribution in [3.05, 3.63) is 0 Å². The second kappa shape index (κ2) is 5.65. The lowest BCUT2D eigenvalue weighted by Gasteiger charge is -2.13. The molecule has 0 spiro atoms. The average Bonchev–Trinajstić information content (AvgIpc) is 2.76. The maximum Gasteiger partial charge on any atom is 0.226 e. The van der Waals surface area contributed by atoms with Gasteiger partial charge in [-0.1, -0.05) is 6.92 Å². The third-order valence-electron chi connectivity index (χ3n) is 2.43. The van der Waals surface area contributed by atoms with Gasteiger partial charge in [0.25, 0.3) is 0 Å². The molecule has 5 heteroatoms. The first-order valence-electron chi connectivity index (χ1n) is 5.23. The Kier molecular flexibility index (Phi) is 5.07. The minimum absolute atomic E-state index is 0.00556. The van der Waals surface area contributed by atoms with Crippen LogP contribution in [0.3, 0.4) is 0 Å². The lowest BCUT2D eigenvalue weighted by molar-refractivity contribution is -0.122. The monoisotopic (exact) mass is 269 g/mol. The van der Waals surface area contributed by atoms with Gasteiger partial charge in [0, 0.05) is 6.04 Å². The summed E-state index contributed by atoms with van der Waals surface area (Å²) in [7, 11) is 0. The van der Waals surface area contributed by atoms with E-state index < -0.39 is 4.33 Å². The van der Waals surface area contributed by atoms with Crippen LogP contribution in [0.15, 0.2) is 0 Å². The summed E-state index contributed by atoms with van der Waals surface area (Å²) in [6.07, 6.45) is 1.58. The van der Waals surface area contributed by atoms with Gasteiger partial charge < -0.3 is 5.32 Å². The molecular formula is C10H17Cl2NOS. The first-order valence-corrected chi connectivity index (χ1v) is 7.14. The van der Waals surface area contributed by atoms with Crippen LogP contribution >= 0.6 is 35.0 Å². The molecule has 0 aliphatic heterocycles. The molecule has 2 nitrogen and oxygen atoms in total. The molecule has 2 unspecified atom stereocenters. The van der Waals surface area contributed by atoms with Crippen molar-refractivity contribution in [2.75, 3.05) is 11.5 Å². The van der Waals surface area contributed by atoms with Gasteiger partial charge in [-0.2, -0.15) is 11.8 Å². The molecule has 1 amide bonds. The first-order chi connectivity index (χ1) is 6.97. The Labute approximate surface area is 105 Å². The Bertz CT molecular complexity index is 235. The Morgan fingerprint density at radius 1 is 1.67 bits per heavy atom. The second-order valence-corrected chi connectivity index (χ2v) is 6.85. The molecule has 0 aromatic carbocycles. The van der Waals surface area contributed by atoms with Crippen molar-refractivity contribution in [1.29, 1.82) is 0 Å². The van der Waals surface area contributed by atoms with E-state index in [1.54, 1.807) is 0 Å². The number of carbonyl (C=O) groups excluding carboxylic acids is 1. The van der Waals surface area contributed by atoms with Gasteiger partial charge in [0.05, 0.1) is 5.92 Å². The molecule has 0 bridgehead atoms. The largest absolute Gasteiger partial charge is 0.353 e. The van der Waals surface area contributed by atoms with E-state index >= 15 is 0 Å². The number of alkyl halides is 2. The predicted octanol–water partition coefficient (Wildman–Crippen LogP) is 2.83. The fraction of sp³-hybridized carbons (Fsp3) is 0.900. The smallest absolute Gasteiger partial charge is 0.226 e. The van der Waals surface area contributed by atoms with Gasteiger partial charge in [-0.25, -0.2) is 0 Å². The van der Waals surface area contributed by atoms with Gasteiger partial charge in [-0.05, 0) is 31.3 Å². The van der Waals surface area contributed by atoms with Crippen molar-refractivity contribution in [3.63, 3.8) is 0 Å². The maximum atomic E-state index is 11.6. The second-order valence-electron chi connectivity index (χ2n) is 3.91. The van der Waals surface area contributed by atoms with Crippen LogP contribution in [0.25, 0.3) is 0 Å². The van der Waals surface area contributed by atoms with Gasteiger partial charge in [0.15, 0.2) is 0 Å². The summed E-state index contributed by atoms with van der Waals surface area (Å²) in [5.41, 5.74) is 0. The zero-order chi connectivity index (χ0) is 11.5. The molecule has 88 valence electrons. The van der Waals surface area contributed by atoms with Crippen LogP contribution in [0.4, 0.5) is 0 Å². The van der Waals surface area contributed by atoms with Gasteiger partial charge >= 0.3 is 0 Å². The summed E-state index contributed by atoms with van der Waals surface area (Å²) in [4.78, 5) is 11.6. The molecule has 15 heavy (non-hydrogen) atoms. The average molecular weight is 270 g/mol. The number of thioether (sulfide) groups is 1. The molecular weight excluding hydrogens is 253 g/mol. The fourth-order valence-corrected chi connectivity index (χ4v) is 2.63. The maximum absolute atomic E-state index is 11.6. The lowest BCUT2D eigenvalue weighted by atomic mass is 10.2. The van der Waals surface area contributed by atoms with Crippen molar-refractivity contribution in [1.82, 2.24) is 5.32 Å². The number of carbonyl (C=O) groups is 1. The van der Waals surface area contributed by atoms with Gasteiger partial charge in [-0.3, -0.25) is 4.79 Å². The van der Waals surface area contributed by atoms with E-state index in [9.17, 15) is 4.79 Å². The Balaban J connectivity index is 2.15. The Morgan fingerprint density at radius 3 is 2.73 bits per heavy atom. The van der Waals surface area contributed by atoms with Crippen molar-refractivity contribution in [3.8, 4) is 0 Å². The van der Waals surface area contributed by atoms with Crippen LogP contribution < -0.4 is 5.32 Å². The normalized spacial score (nSPS) is 24.7. The number of halogens is 2. The van der Waals surface area contributed by atoms with Crippen LogP contribution in [-0.4, -0.2) is 27.8 Å². The minimum Gasteiger partial charge on any atom is -0.353 e.